The Morgan fingerprint density at radius 1 is 1.35 bits per heavy atom. The van der Waals surface area contributed by atoms with Gasteiger partial charge in [-0.15, -0.1) is 10.2 Å². The van der Waals surface area contributed by atoms with Crippen LogP contribution < -0.4 is 5.32 Å². The molecule has 2 aromatic rings. The lowest BCUT2D eigenvalue weighted by molar-refractivity contribution is -0.119. The van der Waals surface area contributed by atoms with Crippen molar-refractivity contribution in [1.82, 2.24) is 20.1 Å². The van der Waals surface area contributed by atoms with E-state index >= 15 is 0 Å². The molecule has 23 heavy (non-hydrogen) atoms. The first-order valence-corrected chi connectivity index (χ1v) is 8.99. The second-order valence-electron chi connectivity index (χ2n) is 5.31. The van der Waals surface area contributed by atoms with E-state index in [-0.39, 0.29) is 11.9 Å². The zero-order valence-corrected chi connectivity index (χ0v) is 14.9. The lowest BCUT2D eigenvalue weighted by atomic mass is 10.2. The molecule has 0 atom stereocenters. The van der Waals surface area contributed by atoms with Crippen molar-refractivity contribution in [2.24, 2.45) is 0 Å². The molecule has 1 N–H and O–H groups in total. The summed E-state index contributed by atoms with van der Waals surface area (Å²) in [4.78, 5) is 12.0. The van der Waals surface area contributed by atoms with E-state index in [0.29, 0.717) is 5.75 Å². The number of nitrogens with zero attached hydrogens (tertiary/aromatic N) is 3. The van der Waals surface area contributed by atoms with Gasteiger partial charge in [-0.05, 0) is 32.8 Å². The van der Waals surface area contributed by atoms with E-state index in [1.165, 1.54) is 11.8 Å². The van der Waals surface area contributed by atoms with E-state index in [2.05, 4.69) is 29.4 Å². The minimum atomic E-state index is 0.0374. The number of amides is 1. The van der Waals surface area contributed by atoms with Crippen molar-refractivity contribution in [3.8, 4) is 11.4 Å². The maximum Gasteiger partial charge on any atom is 0.230 e. The summed E-state index contributed by atoms with van der Waals surface area (Å²) in [5.41, 5.74) is 0.938. The highest BCUT2D eigenvalue weighted by molar-refractivity contribution is 7.99. The minimum Gasteiger partial charge on any atom is -0.469 e. The van der Waals surface area contributed by atoms with Crippen LogP contribution in [-0.4, -0.2) is 32.5 Å². The monoisotopic (exact) mass is 336 g/mol. The summed E-state index contributed by atoms with van der Waals surface area (Å²) in [5, 5.41) is 12.3. The average molecular weight is 336 g/mol. The fourth-order valence-electron chi connectivity index (χ4n) is 2.39. The number of aryl methyl sites for hydroxylation is 1. The van der Waals surface area contributed by atoms with Crippen LogP contribution in [0.25, 0.3) is 11.4 Å². The largest absolute Gasteiger partial charge is 0.469 e. The molecule has 0 fully saturated rings. The minimum absolute atomic E-state index is 0.0374. The summed E-state index contributed by atoms with van der Waals surface area (Å²) in [5.74, 6) is 1.98. The molecule has 0 radical (unpaired) electrons. The molecule has 0 saturated heterocycles. The number of thioether (sulfide) groups is 1. The van der Waals surface area contributed by atoms with E-state index < -0.39 is 0 Å². The fraction of sp³-hybridized carbons (Fsp3) is 0.562. The normalized spacial score (nSPS) is 11.2. The van der Waals surface area contributed by atoms with Crippen molar-refractivity contribution in [1.29, 1.82) is 0 Å². The van der Waals surface area contributed by atoms with Crippen molar-refractivity contribution in [2.75, 3.05) is 5.75 Å². The Hall–Kier alpha value is -1.76. The highest BCUT2D eigenvalue weighted by Gasteiger charge is 2.17. The van der Waals surface area contributed by atoms with E-state index in [1.54, 1.807) is 6.26 Å². The molecule has 7 heteroatoms. The number of nitrogens with one attached hydrogen (secondary N) is 1. The molecule has 1 amide bonds. The number of aromatic nitrogens is 3. The van der Waals surface area contributed by atoms with E-state index in [1.807, 2.05) is 24.5 Å². The van der Waals surface area contributed by atoms with Crippen molar-refractivity contribution < 1.29 is 9.21 Å². The SMILES string of the molecule is CCC(CC)NC(=O)CSc1nnc(-c2ccoc2C)n1CC. The maximum absolute atomic E-state index is 12.0. The summed E-state index contributed by atoms with van der Waals surface area (Å²) in [7, 11) is 0. The number of carbonyl (C=O) groups is 1. The summed E-state index contributed by atoms with van der Waals surface area (Å²) < 4.78 is 7.35. The smallest absolute Gasteiger partial charge is 0.230 e. The van der Waals surface area contributed by atoms with E-state index in [4.69, 9.17) is 4.42 Å². The number of hydrogen-bond donors (Lipinski definition) is 1. The molecule has 0 unspecified atom stereocenters. The molecule has 2 aromatic heterocycles. The fourth-order valence-corrected chi connectivity index (χ4v) is 3.20. The van der Waals surface area contributed by atoms with Crippen LogP contribution >= 0.6 is 11.8 Å². The van der Waals surface area contributed by atoms with Crippen LogP contribution in [0, 0.1) is 6.92 Å². The number of rotatable bonds is 8. The molecule has 6 nitrogen and oxygen atoms in total. The number of carbonyl (C=O) groups excluding carboxylic acids is 1. The molecule has 0 bridgehead atoms. The topological polar surface area (TPSA) is 73.0 Å². The van der Waals surface area contributed by atoms with Gasteiger partial charge in [0.05, 0.1) is 17.6 Å². The quantitative estimate of drug-likeness (QED) is 0.749. The van der Waals surface area contributed by atoms with Gasteiger partial charge in [0, 0.05) is 12.6 Å². The third kappa shape index (κ3) is 4.16. The van der Waals surface area contributed by atoms with Crippen molar-refractivity contribution in [3.05, 3.63) is 18.1 Å². The van der Waals surface area contributed by atoms with Crippen LogP contribution in [0.1, 0.15) is 39.4 Å². The van der Waals surface area contributed by atoms with Gasteiger partial charge in [-0.3, -0.25) is 4.79 Å². The van der Waals surface area contributed by atoms with Crippen LogP contribution in [0.15, 0.2) is 21.9 Å². The summed E-state index contributed by atoms with van der Waals surface area (Å²) in [6.45, 7) is 8.84. The number of hydrogen-bond acceptors (Lipinski definition) is 5. The zero-order valence-electron chi connectivity index (χ0n) is 14.1. The molecule has 2 heterocycles. The lowest BCUT2D eigenvalue weighted by Crippen LogP contribution is -2.35. The second kappa shape index (κ2) is 8.19. The lowest BCUT2D eigenvalue weighted by Gasteiger charge is -2.14. The van der Waals surface area contributed by atoms with Gasteiger partial charge in [-0.2, -0.15) is 0 Å². The molecular weight excluding hydrogens is 312 g/mol. The Morgan fingerprint density at radius 2 is 2.09 bits per heavy atom. The number of furan rings is 1. The standard InChI is InChI=1S/C16H24N4O2S/c1-5-12(6-2)17-14(21)10-23-16-19-18-15(20(16)7-3)13-8-9-22-11(13)4/h8-9,12H,5-7,10H2,1-4H3,(H,17,21). The Morgan fingerprint density at radius 3 is 2.65 bits per heavy atom. The molecule has 0 saturated carbocycles. The Balaban J connectivity index is 2.05. The predicted molar refractivity (Wildman–Crippen MR) is 91.4 cm³/mol. The summed E-state index contributed by atoms with van der Waals surface area (Å²) >= 11 is 1.41. The Kier molecular flexibility index (Phi) is 6.27. The molecule has 126 valence electrons. The van der Waals surface area contributed by atoms with Crippen LogP contribution in [0.3, 0.4) is 0 Å². The van der Waals surface area contributed by atoms with Crippen LogP contribution in [0.5, 0.6) is 0 Å². The second-order valence-corrected chi connectivity index (χ2v) is 6.25. The third-order valence-electron chi connectivity index (χ3n) is 3.82. The Bertz CT molecular complexity index is 646. The van der Waals surface area contributed by atoms with Crippen LogP contribution in [0.4, 0.5) is 0 Å². The highest BCUT2D eigenvalue weighted by Crippen LogP contribution is 2.26. The Labute approximate surface area is 141 Å². The van der Waals surface area contributed by atoms with Gasteiger partial charge < -0.3 is 14.3 Å². The molecular formula is C16H24N4O2S. The molecule has 0 aliphatic heterocycles. The van der Waals surface area contributed by atoms with E-state index in [0.717, 1.165) is 41.7 Å². The van der Waals surface area contributed by atoms with Gasteiger partial charge in [0.2, 0.25) is 5.91 Å². The van der Waals surface area contributed by atoms with Gasteiger partial charge >= 0.3 is 0 Å². The van der Waals surface area contributed by atoms with Crippen molar-refractivity contribution in [2.45, 2.75) is 58.3 Å². The van der Waals surface area contributed by atoms with Crippen LogP contribution in [0.2, 0.25) is 0 Å². The summed E-state index contributed by atoms with van der Waals surface area (Å²) in [6.07, 6.45) is 3.54. The van der Waals surface area contributed by atoms with Gasteiger partial charge in [-0.25, -0.2) is 0 Å². The maximum atomic E-state index is 12.0. The van der Waals surface area contributed by atoms with Crippen molar-refractivity contribution in [3.63, 3.8) is 0 Å². The molecule has 0 aliphatic carbocycles. The van der Waals surface area contributed by atoms with Crippen LogP contribution in [-0.2, 0) is 11.3 Å². The first-order valence-electron chi connectivity index (χ1n) is 8.00. The predicted octanol–water partition coefficient (Wildman–Crippen LogP) is 3.26. The van der Waals surface area contributed by atoms with Gasteiger partial charge in [0.25, 0.3) is 0 Å². The third-order valence-corrected chi connectivity index (χ3v) is 4.78. The molecule has 0 aromatic carbocycles. The van der Waals surface area contributed by atoms with E-state index in [9.17, 15) is 4.79 Å². The summed E-state index contributed by atoms with van der Waals surface area (Å²) in [6, 6.07) is 2.14. The van der Waals surface area contributed by atoms with Crippen molar-refractivity contribution >= 4 is 17.7 Å². The first kappa shape index (κ1) is 17.6. The highest BCUT2D eigenvalue weighted by atomic mass is 32.2. The zero-order chi connectivity index (χ0) is 16.8. The first-order chi connectivity index (χ1) is 11.1. The van der Waals surface area contributed by atoms with Gasteiger partial charge in [0.15, 0.2) is 11.0 Å². The average Bonchev–Trinajstić information content (AvgIpc) is 3.15. The molecule has 0 spiro atoms. The van der Waals surface area contributed by atoms with Gasteiger partial charge in [-0.1, -0.05) is 25.6 Å². The molecule has 0 aliphatic rings. The molecule has 2 rings (SSSR count). The van der Waals surface area contributed by atoms with Gasteiger partial charge in [0.1, 0.15) is 5.76 Å².